The first-order valence-electron chi connectivity index (χ1n) is 18.1. The Morgan fingerprint density at radius 2 is 0.981 bits per heavy atom. The Hall–Kier alpha value is -6.95. The van der Waals surface area contributed by atoms with Gasteiger partial charge < -0.3 is 4.42 Å². The van der Waals surface area contributed by atoms with Crippen molar-refractivity contribution in [2.24, 2.45) is 0 Å². The first-order chi connectivity index (χ1) is 26.7. The maximum absolute atomic E-state index is 7.05. The number of furan rings is 1. The van der Waals surface area contributed by atoms with Crippen molar-refractivity contribution >= 4 is 96.5 Å². The van der Waals surface area contributed by atoms with Crippen LogP contribution in [0.3, 0.4) is 0 Å². The smallest absolute Gasteiger partial charge is 0.164 e. The van der Waals surface area contributed by atoms with Crippen molar-refractivity contribution in [1.82, 2.24) is 15.0 Å². The third kappa shape index (κ3) is 4.33. The van der Waals surface area contributed by atoms with Crippen LogP contribution in [0.2, 0.25) is 0 Å². The van der Waals surface area contributed by atoms with Gasteiger partial charge in [-0.2, -0.15) is 0 Å². The lowest BCUT2D eigenvalue weighted by molar-refractivity contribution is 0.677. The predicted octanol–water partition coefficient (Wildman–Crippen LogP) is 13.8. The summed E-state index contributed by atoms with van der Waals surface area (Å²) < 4.78 is 9.50. The van der Waals surface area contributed by atoms with Gasteiger partial charge in [-0.15, -0.1) is 11.3 Å². The minimum atomic E-state index is 0.607. The maximum atomic E-state index is 7.05. The molecule has 0 radical (unpaired) electrons. The fraction of sp³-hybridized carbons (Fsp3) is 0. The zero-order chi connectivity index (χ0) is 35.3. The van der Waals surface area contributed by atoms with Gasteiger partial charge in [0.1, 0.15) is 11.2 Å². The molecular formula is C49H27N3OS. The number of aromatic nitrogens is 3. The lowest BCUT2D eigenvalue weighted by atomic mass is 9.95. The van der Waals surface area contributed by atoms with Crippen molar-refractivity contribution in [2.75, 3.05) is 0 Å². The number of hydrogen-bond donors (Lipinski definition) is 0. The van der Waals surface area contributed by atoms with Gasteiger partial charge in [0.2, 0.25) is 0 Å². The molecule has 9 aromatic carbocycles. The third-order valence-corrected chi connectivity index (χ3v) is 12.0. The summed E-state index contributed by atoms with van der Waals surface area (Å²) in [6, 6.07) is 57.9. The van der Waals surface area contributed by atoms with E-state index in [0.29, 0.717) is 17.5 Å². The molecule has 0 atom stereocenters. The summed E-state index contributed by atoms with van der Waals surface area (Å²) in [6.07, 6.45) is 0. The van der Waals surface area contributed by atoms with Gasteiger partial charge in [0.25, 0.3) is 0 Å². The Kier molecular flexibility index (Phi) is 6.18. The molecule has 0 amide bonds. The van der Waals surface area contributed by atoms with Gasteiger partial charge in [0, 0.05) is 58.4 Å². The molecular weight excluding hydrogens is 679 g/mol. The molecule has 0 saturated heterocycles. The van der Waals surface area contributed by atoms with E-state index in [1.165, 1.54) is 25.6 Å². The first kappa shape index (κ1) is 29.6. The summed E-state index contributed by atoms with van der Waals surface area (Å²) in [5.74, 6) is 1.88. The first-order valence-corrected chi connectivity index (χ1v) is 18.9. The highest BCUT2D eigenvalue weighted by molar-refractivity contribution is 7.25. The standard InChI is InChI=1S/C49H27N3OS/c1-2-13-31-26-33(23-20-28(31)10-1)47-50-48(38-17-9-19-41-43(38)36-16-7-8-18-40(36)54-41)52-49(51-47)39-27-32-22-21-29-11-3-5-14-34(29)42(32)46-44(39)37-25-24-30-12-4-6-15-35(30)45(37)53-46/h1-27H. The van der Waals surface area contributed by atoms with Crippen LogP contribution in [0.15, 0.2) is 168 Å². The molecule has 5 heteroatoms. The number of nitrogens with zero attached hydrogens (tertiary/aromatic N) is 3. The van der Waals surface area contributed by atoms with Gasteiger partial charge in [0.05, 0.1) is 0 Å². The van der Waals surface area contributed by atoms with Crippen LogP contribution in [0.1, 0.15) is 0 Å². The fourth-order valence-electron chi connectivity index (χ4n) is 8.37. The summed E-state index contributed by atoms with van der Waals surface area (Å²) in [4.78, 5) is 16.0. The van der Waals surface area contributed by atoms with E-state index in [1.54, 1.807) is 11.3 Å². The third-order valence-electron chi connectivity index (χ3n) is 10.9. The molecule has 0 spiro atoms. The molecule has 0 aliphatic rings. The summed E-state index contributed by atoms with van der Waals surface area (Å²) >= 11 is 1.80. The fourth-order valence-corrected chi connectivity index (χ4v) is 9.50. The highest BCUT2D eigenvalue weighted by Crippen LogP contribution is 2.45. The Bertz CT molecular complexity index is 3520. The minimum Gasteiger partial charge on any atom is -0.455 e. The number of thiophene rings is 1. The maximum Gasteiger partial charge on any atom is 0.164 e. The van der Waals surface area contributed by atoms with Crippen molar-refractivity contribution in [1.29, 1.82) is 0 Å². The molecule has 3 heterocycles. The molecule has 54 heavy (non-hydrogen) atoms. The highest BCUT2D eigenvalue weighted by Gasteiger charge is 2.23. The molecule has 0 unspecified atom stereocenters. The molecule has 0 fully saturated rings. The van der Waals surface area contributed by atoms with Crippen LogP contribution in [0.4, 0.5) is 0 Å². The van der Waals surface area contributed by atoms with E-state index in [2.05, 4.69) is 164 Å². The average Bonchev–Trinajstić information content (AvgIpc) is 3.82. The van der Waals surface area contributed by atoms with Gasteiger partial charge in [-0.1, -0.05) is 133 Å². The lowest BCUT2D eigenvalue weighted by Crippen LogP contribution is -2.01. The van der Waals surface area contributed by atoms with E-state index in [9.17, 15) is 0 Å². The van der Waals surface area contributed by atoms with Crippen LogP contribution in [0.5, 0.6) is 0 Å². The van der Waals surface area contributed by atoms with Gasteiger partial charge in [-0.25, -0.2) is 15.0 Å². The van der Waals surface area contributed by atoms with Gasteiger partial charge in [-0.05, 0) is 62.6 Å². The summed E-state index contributed by atoms with van der Waals surface area (Å²) in [6.45, 7) is 0. The molecule has 0 saturated carbocycles. The molecule has 0 aliphatic carbocycles. The normalized spacial score (nSPS) is 12.1. The van der Waals surface area contributed by atoms with E-state index >= 15 is 0 Å². The summed E-state index contributed by atoms with van der Waals surface area (Å²) in [5.41, 5.74) is 4.54. The lowest BCUT2D eigenvalue weighted by Gasteiger charge is -2.12. The number of benzene rings is 9. The summed E-state index contributed by atoms with van der Waals surface area (Å²) in [5, 5.41) is 13.4. The van der Waals surface area contributed by atoms with Crippen LogP contribution in [-0.4, -0.2) is 15.0 Å². The topological polar surface area (TPSA) is 51.8 Å². The molecule has 12 rings (SSSR count). The Morgan fingerprint density at radius 3 is 1.85 bits per heavy atom. The second-order valence-corrected chi connectivity index (χ2v) is 15.0. The molecule has 0 N–H and O–H groups in total. The zero-order valence-electron chi connectivity index (χ0n) is 28.7. The van der Waals surface area contributed by atoms with Crippen LogP contribution >= 0.6 is 11.3 Å². The minimum absolute atomic E-state index is 0.607. The van der Waals surface area contributed by atoms with E-state index < -0.39 is 0 Å². The average molecular weight is 706 g/mol. The van der Waals surface area contributed by atoms with E-state index in [1.807, 2.05) is 0 Å². The zero-order valence-corrected chi connectivity index (χ0v) is 29.6. The van der Waals surface area contributed by atoms with Crippen molar-refractivity contribution in [3.8, 4) is 34.2 Å². The Labute approximate surface area is 312 Å². The van der Waals surface area contributed by atoms with Crippen LogP contribution in [0, 0.1) is 0 Å². The van der Waals surface area contributed by atoms with E-state index in [4.69, 9.17) is 19.4 Å². The van der Waals surface area contributed by atoms with Crippen LogP contribution in [0.25, 0.3) is 119 Å². The molecule has 3 aromatic heterocycles. The van der Waals surface area contributed by atoms with Crippen molar-refractivity contribution in [3.63, 3.8) is 0 Å². The second-order valence-electron chi connectivity index (χ2n) is 13.9. The van der Waals surface area contributed by atoms with Crippen molar-refractivity contribution in [2.45, 2.75) is 0 Å². The van der Waals surface area contributed by atoms with Gasteiger partial charge >= 0.3 is 0 Å². The number of rotatable bonds is 3. The van der Waals surface area contributed by atoms with Crippen molar-refractivity contribution in [3.05, 3.63) is 164 Å². The SMILES string of the molecule is c1ccc2cc(-c3nc(-c4cccc5sc6ccccc6c45)nc(-c4cc5ccc6ccccc6c5c5oc6c7ccccc7ccc6c45)n3)ccc2c1. The van der Waals surface area contributed by atoms with Gasteiger partial charge in [-0.3, -0.25) is 0 Å². The Balaban J connectivity index is 1.23. The second kappa shape index (κ2) is 11.3. The van der Waals surface area contributed by atoms with Crippen LogP contribution in [-0.2, 0) is 0 Å². The van der Waals surface area contributed by atoms with E-state index in [-0.39, 0.29) is 0 Å². The van der Waals surface area contributed by atoms with E-state index in [0.717, 1.165) is 76.3 Å². The molecule has 0 aliphatic heterocycles. The highest BCUT2D eigenvalue weighted by atomic mass is 32.1. The van der Waals surface area contributed by atoms with Gasteiger partial charge in [0.15, 0.2) is 17.5 Å². The molecule has 0 bridgehead atoms. The number of hydrogen-bond acceptors (Lipinski definition) is 5. The Morgan fingerprint density at radius 1 is 0.352 bits per heavy atom. The quantitative estimate of drug-likeness (QED) is 0.172. The monoisotopic (exact) mass is 705 g/mol. The predicted molar refractivity (Wildman–Crippen MR) is 226 cm³/mol. The van der Waals surface area contributed by atoms with Crippen LogP contribution < -0.4 is 0 Å². The van der Waals surface area contributed by atoms with Crippen molar-refractivity contribution < 1.29 is 4.42 Å². The molecule has 4 nitrogen and oxygen atoms in total. The molecule has 12 aromatic rings. The summed E-state index contributed by atoms with van der Waals surface area (Å²) in [7, 11) is 0. The number of fused-ring (bicyclic) bond motifs is 13. The molecule has 250 valence electrons. The largest absolute Gasteiger partial charge is 0.455 e.